The minimum atomic E-state index is -0.359. The van der Waals surface area contributed by atoms with Crippen LogP contribution >= 0.6 is 0 Å². The molecule has 0 bridgehead atoms. The second-order valence-electron chi connectivity index (χ2n) is 4.01. The third-order valence-corrected chi connectivity index (χ3v) is 2.89. The molecule has 2 rings (SSSR count). The molecule has 1 aliphatic rings. The van der Waals surface area contributed by atoms with Crippen molar-refractivity contribution in [2.45, 2.75) is 25.8 Å². The summed E-state index contributed by atoms with van der Waals surface area (Å²) in [6.45, 7) is 1.55. The summed E-state index contributed by atoms with van der Waals surface area (Å²) in [5.41, 5.74) is 9.57. The Morgan fingerprint density at radius 3 is 2.93 bits per heavy atom. The molecule has 2 N–H and O–H groups in total. The smallest absolute Gasteiger partial charge is 0.146 e. The van der Waals surface area contributed by atoms with E-state index >= 15 is 0 Å². The van der Waals surface area contributed by atoms with Crippen molar-refractivity contribution in [3.63, 3.8) is 0 Å². The van der Waals surface area contributed by atoms with Crippen LogP contribution in [0.5, 0.6) is 0 Å². The monoisotopic (exact) mass is 201 g/mol. The van der Waals surface area contributed by atoms with E-state index in [1.807, 2.05) is 12.1 Å². The summed E-state index contributed by atoms with van der Waals surface area (Å²) >= 11 is 0. The lowest BCUT2D eigenvalue weighted by atomic mass is 9.99. The van der Waals surface area contributed by atoms with Gasteiger partial charge in [0.2, 0.25) is 0 Å². The van der Waals surface area contributed by atoms with Gasteiger partial charge in [0.05, 0.1) is 6.04 Å². The molecule has 0 unspecified atom stereocenters. The number of hydrogen-bond donors (Lipinski definition) is 1. The van der Waals surface area contributed by atoms with Crippen LogP contribution in [0.4, 0.5) is 0 Å². The van der Waals surface area contributed by atoms with Gasteiger partial charge in [-0.05, 0) is 36.5 Å². The van der Waals surface area contributed by atoms with E-state index in [1.54, 1.807) is 6.92 Å². The van der Waals surface area contributed by atoms with Crippen molar-refractivity contribution in [2.24, 2.45) is 5.73 Å². The minimum absolute atomic E-state index is 0.0558. The Hall–Kier alpha value is -1.41. The molecule has 78 valence electrons. The Labute approximate surface area is 89.8 Å². The normalized spacial score (nSPS) is 15.7. The van der Waals surface area contributed by atoms with Crippen LogP contribution in [-0.4, -0.2) is 11.8 Å². The highest BCUT2D eigenvalue weighted by Crippen LogP contribution is 2.29. The van der Waals surface area contributed by atoms with Crippen LogP contribution in [0.2, 0.25) is 0 Å². The topological polar surface area (TPSA) is 43.1 Å². The maximum atomic E-state index is 11.1. The van der Waals surface area contributed by atoms with Gasteiger partial charge in [-0.1, -0.05) is 30.3 Å². The van der Waals surface area contributed by atoms with Crippen LogP contribution in [0.3, 0.4) is 0 Å². The van der Waals surface area contributed by atoms with E-state index in [1.165, 1.54) is 16.7 Å². The van der Waals surface area contributed by atoms with Crippen LogP contribution in [0.15, 0.2) is 30.3 Å². The zero-order valence-corrected chi connectivity index (χ0v) is 8.86. The molecule has 0 heterocycles. The molecule has 0 amide bonds. The van der Waals surface area contributed by atoms with E-state index in [0.29, 0.717) is 6.42 Å². The predicted octanol–water partition coefficient (Wildman–Crippen LogP) is 1.93. The fourth-order valence-electron chi connectivity index (χ4n) is 1.93. The number of carbonyl (C=O) groups excluding carboxylic acids is 1. The van der Waals surface area contributed by atoms with Crippen LogP contribution < -0.4 is 5.73 Å². The van der Waals surface area contributed by atoms with E-state index in [0.717, 1.165) is 6.42 Å². The highest BCUT2D eigenvalue weighted by molar-refractivity contribution is 5.85. The van der Waals surface area contributed by atoms with Gasteiger partial charge < -0.3 is 5.73 Å². The summed E-state index contributed by atoms with van der Waals surface area (Å²) in [5.74, 6) is 0.0558. The van der Waals surface area contributed by atoms with E-state index in [-0.39, 0.29) is 11.8 Å². The molecule has 2 heteroatoms. The molecule has 0 saturated heterocycles. The summed E-state index contributed by atoms with van der Waals surface area (Å²) in [6, 6.07) is 7.93. The molecular formula is C13H15NO. The van der Waals surface area contributed by atoms with Crippen molar-refractivity contribution in [1.29, 1.82) is 0 Å². The molecule has 1 aromatic rings. The largest absolute Gasteiger partial charge is 0.321 e. The third kappa shape index (κ3) is 2.00. The number of fused-ring (bicyclic) bond motifs is 1. The van der Waals surface area contributed by atoms with Crippen LogP contribution in [0, 0.1) is 0 Å². The second-order valence-corrected chi connectivity index (χ2v) is 4.01. The fraction of sp³-hybridized carbons (Fsp3) is 0.308. The number of benzene rings is 1. The summed E-state index contributed by atoms with van der Waals surface area (Å²) in [4.78, 5) is 11.1. The molecule has 0 saturated carbocycles. The standard InChI is InChI=1S/C13H15NO/c1-9(15)13(14)8-11-7-6-10-4-2-3-5-12(10)11/h2-5,7,13H,6,8,14H2,1H3/t13-/m0/s1. The Balaban J connectivity index is 2.17. The molecule has 0 spiro atoms. The van der Waals surface area contributed by atoms with Crippen molar-refractivity contribution < 1.29 is 4.79 Å². The average molecular weight is 201 g/mol. The lowest BCUT2D eigenvalue weighted by molar-refractivity contribution is -0.118. The van der Waals surface area contributed by atoms with Crippen molar-refractivity contribution >= 4 is 11.4 Å². The zero-order chi connectivity index (χ0) is 10.8. The summed E-state index contributed by atoms with van der Waals surface area (Å²) in [6.07, 6.45) is 3.80. The van der Waals surface area contributed by atoms with Crippen LogP contribution in [0.25, 0.3) is 5.57 Å². The molecule has 1 aromatic carbocycles. The second kappa shape index (κ2) is 3.99. The van der Waals surface area contributed by atoms with Crippen molar-refractivity contribution in [3.8, 4) is 0 Å². The Kier molecular flexibility index (Phi) is 2.69. The number of nitrogens with two attached hydrogens (primary N) is 1. The Bertz CT molecular complexity index is 420. The quantitative estimate of drug-likeness (QED) is 0.812. The Morgan fingerprint density at radius 1 is 1.47 bits per heavy atom. The van der Waals surface area contributed by atoms with Gasteiger partial charge in [-0.3, -0.25) is 4.79 Å². The van der Waals surface area contributed by atoms with Gasteiger partial charge in [0.25, 0.3) is 0 Å². The molecule has 1 atom stereocenters. The lowest BCUT2D eigenvalue weighted by Crippen LogP contribution is -2.28. The molecule has 0 aliphatic heterocycles. The molecule has 0 fully saturated rings. The van der Waals surface area contributed by atoms with Crippen LogP contribution in [-0.2, 0) is 11.2 Å². The number of ketones is 1. The first kappa shape index (κ1) is 10.1. The number of allylic oxidation sites excluding steroid dienone is 1. The maximum absolute atomic E-state index is 11.1. The summed E-state index contributed by atoms with van der Waals surface area (Å²) in [7, 11) is 0. The first-order chi connectivity index (χ1) is 7.18. The van der Waals surface area contributed by atoms with Crippen molar-refractivity contribution in [2.75, 3.05) is 0 Å². The minimum Gasteiger partial charge on any atom is -0.321 e. The van der Waals surface area contributed by atoms with Gasteiger partial charge in [-0.25, -0.2) is 0 Å². The first-order valence-corrected chi connectivity index (χ1v) is 5.22. The number of rotatable bonds is 3. The van der Waals surface area contributed by atoms with E-state index < -0.39 is 0 Å². The maximum Gasteiger partial charge on any atom is 0.146 e. The Morgan fingerprint density at radius 2 is 2.20 bits per heavy atom. The first-order valence-electron chi connectivity index (χ1n) is 5.22. The molecule has 15 heavy (non-hydrogen) atoms. The van der Waals surface area contributed by atoms with Gasteiger partial charge in [-0.15, -0.1) is 0 Å². The van der Waals surface area contributed by atoms with Crippen molar-refractivity contribution in [1.82, 2.24) is 0 Å². The van der Waals surface area contributed by atoms with Crippen molar-refractivity contribution in [3.05, 3.63) is 41.5 Å². The van der Waals surface area contributed by atoms with Gasteiger partial charge in [0.1, 0.15) is 5.78 Å². The number of carbonyl (C=O) groups is 1. The molecular weight excluding hydrogens is 186 g/mol. The lowest BCUT2D eigenvalue weighted by Gasteiger charge is -2.10. The number of Topliss-reactive ketones (excluding diaryl/α,β-unsaturated/α-hetero) is 1. The fourth-order valence-corrected chi connectivity index (χ4v) is 1.93. The highest BCUT2D eigenvalue weighted by Gasteiger charge is 2.17. The van der Waals surface area contributed by atoms with E-state index in [2.05, 4.69) is 18.2 Å². The van der Waals surface area contributed by atoms with E-state index in [4.69, 9.17) is 5.73 Å². The summed E-state index contributed by atoms with van der Waals surface area (Å²) in [5, 5.41) is 0. The number of hydrogen-bond acceptors (Lipinski definition) is 2. The van der Waals surface area contributed by atoms with Gasteiger partial charge >= 0.3 is 0 Å². The van der Waals surface area contributed by atoms with Crippen LogP contribution in [0.1, 0.15) is 24.5 Å². The third-order valence-electron chi connectivity index (χ3n) is 2.89. The molecule has 0 radical (unpaired) electrons. The van der Waals surface area contributed by atoms with E-state index in [9.17, 15) is 4.79 Å². The predicted molar refractivity (Wildman–Crippen MR) is 61.4 cm³/mol. The molecule has 2 nitrogen and oxygen atoms in total. The van der Waals surface area contributed by atoms with Gasteiger partial charge in [-0.2, -0.15) is 0 Å². The molecule has 0 aromatic heterocycles. The average Bonchev–Trinajstić information content (AvgIpc) is 2.62. The highest BCUT2D eigenvalue weighted by atomic mass is 16.1. The van der Waals surface area contributed by atoms with Gasteiger partial charge in [0.15, 0.2) is 0 Å². The zero-order valence-electron chi connectivity index (χ0n) is 8.86. The SMILES string of the molecule is CC(=O)[C@@H](N)CC1=CCc2ccccc21. The van der Waals surface area contributed by atoms with Gasteiger partial charge in [0, 0.05) is 0 Å². The molecule has 1 aliphatic carbocycles. The summed E-state index contributed by atoms with van der Waals surface area (Å²) < 4.78 is 0.